The first-order chi connectivity index (χ1) is 18.8. The summed E-state index contributed by atoms with van der Waals surface area (Å²) in [5, 5.41) is 6.61. The molecule has 1 aliphatic rings. The number of hydrogen-bond acceptors (Lipinski definition) is 7. The van der Waals surface area contributed by atoms with Crippen LogP contribution in [0.4, 0.5) is 9.52 Å². The van der Waals surface area contributed by atoms with E-state index in [1.807, 2.05) is 63.3 Å². The summed E-state index contributed by atoms with van der Waals surface area (Å²) in [6.45, 7) is 6.01. The molecule has 39 heavy (non-hydrogen) atoms. The van der Waals surface area contributed by atoms with Crippen LogP contribution in [0.5, 0.6) is 0 Å². The van der Waals surface area contributed by atoms with Crippen LogP contribution in [0.25, 0.3) is 15.8 Å². The Kier molecular flexibility index (Phi) is 9.14. The van der Waals surface area contributed by atoms with Gasteiger partial charge in [0.1, 0.15) is 18.0 Å². The lowest BCUT2D eigenvalue weighted by Crippen LogP contribution is -2.62. The number of anilines is 1. The van der Waals surface area contributed by atoms with E-state index in [-0.39, 0.29) is 11.7 Å². The Morgan fingerprint density at radius 3 is 2.64 bits per heavy atom. The van der Waals surface area contributed by atoms with Crippen LogP contribution >= 0.6 is 11.3 Å². The molecule has 1 aromatic heterocycles. The summed E-state index contributed by atoms with van der Waals surface area (Å²) < 4.78 is 25.8. The lowest BCUT2D eigenvalue weighted by atomic mass is 9.82. The van der Waals surface area contributed by atoms with E-state index in [1.165, 1.54) is 30.6 Å². The minimum Gasteiger partial charge on any atom is -0.464 e. The molecule has 0 saturated heterocycles. The monoisotopic (exact) mass is 551 g/mol. The van der Waals surface area contributed by atoms with Gasteiger partial charge in [0, 0.05) is 7.11 Å². The average Bonchev–Trinajstić information content (AvgIpc) is 3.33. The predicted molar refractivity (Wildman–Crippen MR) is 153 cm³/mol. The number of carbonyl (C=O) groups is 2. The molecular weight excluding hydrogens is 517 g/mol. The van der Waals surface area contributed by atoms with Crippen molar-refractivity contribution in [3.05, 3.63) is 78.1 Å². The van der Waals surface area contributed by atoms with Crippen LogP contribution in [0.3, 0.4) is 0 Å². The normalized spacial score (nSPS) is 19.5. The van der Waals surface area contributed by atoms with E-state index in [0.717, 1.165) is 24.0 Å². The molecule has 0 spiro atoms. The van der Waals surface area contributed by atoms with Gasteiger partial charge in [0.2, 0.25) is 0 Å². The first-order valence-electron chi connectivity index (χ1n) is 13.1. The molecule has 1 heterocycles. The maximum Gasteiger partial charge on any atom is 0.328 e. The highest BCUT2D eigenvalue weighted by Crippen LogP contribution is 2.35. The molecule has 3 aromatic rings. The second kappa shape index (κ2) is 12.5. The fourth-order valence-corrected chi connectivity index (χ4v) is 5.37. The number of unbranched alkanes of at least 4 members (excludes halogenated alkanes) is 1. The van der Waals surface area contributed by atoms with E-state index in [4.69, 9.17) is 9.47 Å². The smallest absolute Gasteiger partial charge is 0.328 e. The number of rotatable bonds is 11. The summed E-state index contributed by atoms with van der Waals surface area (Å²) in [4.78, 5) is 31.6. The summed E-state index contributed by atoms with van der Waals surface area (Å²) in [6.07, 6.45) is 6.35. The molecule has 2 aromatic carbocycles. The lowest BCUT2D eigenvalue weighted by Gasteiger charge is -2.39. The molecule has 2 unspecified atom stereocenters. The second-order valence-electron chi connectivity index (χ2n) is 9.82. The van der Waals surface area contributed by atoms with Crippen molar-refractivity contribution in [2.75, 3.05) is 19.0 Å². The fraction of sp³-hybridized carbons (Fsp3) is 0.367. The van der Waals surface area contributed by atoms with Gasteiger partial charge in [-0.05, 0) is 53.8 Å². The predicted octanol–water partition coefficient (Wildman–Crippen LogP) is 5.74. The number of ether oxygens (including phenoxy) is 2. The molecule has 1 aliphatic carbocycles. The number of nitrogens with one attached hydrogen (secondary N) is 2. The minimum absolute atomic E-state index is 0.213. The van der Waals surface area contributed by atoms with Gasteiger partial charge >= 0.3 is 5.97 Å². The Morgan fingerprint density at radius 2 is 1.95 bits per heavy atom. The maximum absolute atomic E-state index is 14.1. The number of amides is 1. The third kappa shape index (κ3) is 6.37. The zero-order chi connectivity index (χ0) is 28.0. The molecule has 3 atom stereocenters. The molecule has 0 bridgehead atoms. The van der Waals surface area contributed by atoms with Crippen molar-refractivity contribution in [2.45, 2.75) is 51.3 Å². The van der Waals surface area contributed by atoms with Crippen LogP contribution in [0.2, 0.25) is 0 Å². The van der Waals surface area contributed by atoms with Crippen molar-refractivity contribution in [3.63, 3.8) is 0 Å². The molecule has 2 N–H and O–H groups in total. The molecule has 0 radical (unpaired) electrons. The zero-order valence-corrected chi connectivity index (χ0v) is 23.4. The SMILES string of the molecule is CCCCOC(=O)[C@@H](NC(=O)C1(Nc2nc3ccc(F)cc3s2)C=CC(c2ccccc2)=CC1OC)C(C)C. The molecule has 1 amide bonds. The van der Waals surface area contributed by atoms with Crippen LogP contribution in [0.15, 0.2) is 66.8 Å². The van der Waals surface area contributed by atoms with Gasteiger partial charge in [-0.15, -0.1) is 0 Å². The van der Waals surface area contributed by atoms with Gasteiger partial charge in [0.15, 0.2) is 10.7 Å². The van der Waals surface area contributed by atoms with Gasteiger partial charge in [-0.1, -0.05) is 74.9 Å². The molecule has 206 valence electrons. The molecule has 7 nitrogen and oxygen atoms in total. The van der Waals surface area contributed by atoms with Gasteiger partial charge < -0.3 is 20.1 Å². The van der Waals surface area contributed by atoms with Gasteiger partial charge in [0.05, 0.1) is 16.8 Å². The zero-order valence-electron chi connectivity index (χ0n) is 22.6. The summed E-state index contributed by atoms with van der Waals surface area (Å²) in [7, 11) is 1.53. The van der Waals surface area contributed by atoms with Crippen molar-refractivity contribution in [3.8, 4) is 0 Å². The van der Waals surface area contributed by atoms with Gasteiger partial charge in [-0.25, -0.2) is 14.2 Å². The molecular formula is C30H34FN3O4S. The number of benzene rings is 2. The summed E-state index contributed by atoms with van der Waals surface area (Å²) in [5.74, 6) is -1.53. The summed E-state index contributed by atoms with van der Waals surface area (Å²) >= 11 is 1.23. The topological polar surface area (TPSA) is 89.5 Å². The first-order valence-corrected chi connectivity index (χ1v) is 13.9. The van der Waals surface area contributed by atoms with Gasteiger partial charge in [-0.2, -0.15) is 0 Å². The molecule has 0 aliphatic heterocycles. The number of aromatic nitrogens is 1. The van der Waals surface area contributed by atoms with Gasteiger partial charge in [-0.3, -0.25) is 4.79 Å². The van der Waals surface area contributed by atoms with Crippen molar-refractivity contribution in [1.29, 1.82) is 0 Å². The summed E-state index contributed by atoms with van der Waals surface area (Å²) in [6, 6.07) is 13.3. The van der Waals surface area contributed by atoms with Crippen molar-refractivity contribution < 1.29 is 23.5 Å². The average molecular weight is 552 g/mol. The van der Waals surface area contributed by atoms with Crippen molar-refractivity contribution in [1.82, 2.24) is 10.3 Å². The first kappa shape index (κ1) is 28.4. The number of carbonyl (C=O) groups excluding carboxylic acids is 2. The molecule has 0 saturated carbocycles. The second-order valence-corrected chi connectivity index (χ2v) is 10.8. The number of hydrogen-bond donors (Lipinski definition) is 2. The number of halogens is 1. The van der Waals surface area contributed by atoms with E-state index in [2.05, 4.69) is 15.6 Å². The highest BCUT2D eigenvalue weighted by molar-refractivity contribution is 7.22. The van der Waals surface area contributed by atoms with Crippen LogP contribution in [0.1, 0.15) is 39.2 Å². The Morgan fingerprint density at radius 1 is 1.18 bits per heavy atom. The molecule has 9 heteroatoms. The van der Waals surface area contributed by atoms with Crippen LogP contribution < -0.4 is 10.6 Å². The Bertz CT molecular complexity index is 1370. The standard InChI is InChI=1S/C30H34FN3O4S/c1-5-6-16-38-27(35)26(19(2)3)33-28(36)30(34-29-32-23-13-12-22(31)18-24(23)39-29)15-14-21(17-25(30)37-4)20-10-8-7-9-11-20/h7-15,17-19,25-26H,5-6,16H2,1-4H3,(H,32,34)(H,33,36)/t25?,26-,30?/m0/s1. The number of allylic oxidation sites excluding steroid dienone is 2. The number of nitrogens with zero attached hydrogens (tertiary/aromatic N) is 1. The minimum atomic E-state index is -1.45. The third-order valence-electron chi connectivity index (χ3n) is 6.66. The van der Waals surface area contributed by atoms with E-state index in [9.17, 15) is 14.0 Å². The number of fused-ring (bicyclic) bond motifs is 1. The number of esters is 1. The van der Waals surface area contributed by atoms with Crippen molar-refractivity contribution in [2.24, 2.45) is 5.92 Å². The third-order valence-corrected chi connectivity index (χ3v) is 7.59. The summed E-state index contributed by atoms with van der Waals surface area (Å²) in [5.41, 5.74) is 1.02. The molecule has 4 rings (SSSR count). The van der Waals surface area contributed by atoms with Crippen molar-refractivity contribution >= 4 is 44.1 Å². The van der Waals surface area contributed by atoms with E-state index < -0.39 is 29.6 Å². The number of thiazole rings is 1. The van der Waals surface area contributed by atoms with E-state index >= 15 is 0 Å². The maximum atomic E-state index is 14.1. The quantitative estimate of drug-likeness (QED) is 0.233. The Hall–Kier alpha value is -3.56. The Balaban J connectivity index is 1.71. The van der Waals surface area contributed by atoms with Gasteiger partial charge in [0.25, 0.3) is 5.91 Å². The fourth-order valence-electron chi connectivity index (χ4n) is 4.41. The highest BCUT2D eigenvalue weighted by atomic mass is 32.1. The van der Waals surface area contributed by atoms with Crippen LogP contribution in [-0.2, 0) is 19.1 Å². The van der Waals surface area contributed by atoms with Crippen LogP contribution in [0, 0.1) is 11.7 Å². The lowest BCUT2D eigenvalue weighted by molar-refractivity contribution is -0.150. The van der Waals surface area contributed by atoms with Crippen LogP contribution in [-0.4, -0.2) is 48.3 Å². The highest BCUT2D eigenvalue weighted by Gasteiger charge is 2.47. The largest absolute Gasteiger partial charge is 0.464 e. The van der Waals surface area contributed by atoms with E-state index in [0.29, 0.717) is 22.0 Å². The Labute approximate surface area is 232 Å². The molecule has 0 fully saturated rings. The number of methoxy groups -OCH3 is 1. The van der Waals surface area contributed by atoms with E-state index in [1.54, 1.807) is 12.1 Å².